The highest BCUT2D eigenvalue weighted by atomic mass is 79.9. The third-order valence-corrected chi connectivity index (χ3v) is 4.56. The van der Waals surface area contributed by atoms with Crippen molar-refractivity contribution in [3.8, 4) is 0 Å². The van der Waals surface area contributed by atoms with Crippen molar-refractivity contribution in [1.29, 1.82) is 0 Å². The van der Waals surface area contributed by atoms with Crippen molar-refractivity contribution in [3.63, 3.8) is 0 Å². The third kappa shape index (κ3) is 3.50. The first kappa shape index (κ1) is 15.3. The van der Waals surface area contributed by atoms with Crippen molar-refractivity contribution >= 4 is 43.0 Å². The number of sulfonamides is 1. The zero-order chi connectivity index (χ0) is 15.6. The molecule has 3 N–H and O–H groups in total. The van der Waals surface area contributed by atoms with E-state index in [1.807, 2.05) is 0 Å². The summed E-state index contributed by atoms with van der Waals surface area (Å²) in [5, 5.41) is 10.7. The molecule has 2 aromatic carbocycles. The van der Waals surface area contributed by atoms with E-state index in [0.717, 1.165) is 16.6 Å². The molecule has 9 heteroatoms. The van der Waals surface area contributed by atoms with Gasteiger partial charge in [-0.25, -0.2) is 8.42 Å². The number of nitro groups is 1. The van der Waals surface area contributed by atoms with Crippen LogP contribution in [0.15, 0.2) is 51.8 Å². The fourth-order valence-corrected chi connectivity index (χ4v) is 3.07. The van der Waals surface area contributed by atoms with Crippen LogP contribution in [0, 0.1) is 10.1 Å². The Balaban J connectivity index is 2.41. The van der Waals surface area contributed by atoms with E-state index in [0.29, 0.717) is 5.69 Å². The minimum atomic E-state index is -4.01. The Labute approximate surface area is 129 Å². The molecular weight excluding hydrogens is 362 g/mol. The van der Waals surface area contributed by atoms with Crippen LogP contribution in [0.2, 0.25) is 0 Å². The van der Waals surface area contributed by atoms with Crippen molar-refractivity contribution in [3.05, 3.63) is 57.1 Å². The summed E-state index contributed by atoms with van der Waals surface area (Å²) in [5.74, 6) is 0. The molecule has 0 saturated carbocycles. The number of nitrogen functional groups attached to an aromatic ring is 1. The van der Waals surface area contributed by atoms with Crippen LogP contribution in [0.4, 0.5) is 17.1 Å². The van der Waals surface area contributed by atoms with Crippen LogP contribution in [0.1, 0.15) is 0 Å². The molecule has 0 aliphatic heterocycles. The van der Waals surface area contributed by atoms with Crippen molar-refractivity contribution in [2.75, 3.05) is 10.5 Å². The first-order chi connectivity index (χ1) is 9.79. The highest BCUT2D eigenvalue weighted by molar-refractivity contribution is 9.10. The molecule has 0 radical (unpaired) electrons. The quantitative estimate of drug-likeness (QED) is 0.486. The van der Waals surface area contributed by atoms with Gasteiger partial charge in [0.25, 0.3) is 15.7 Å². The summed E-state index contributed by atoms with van der Waals surface area (Å²) in [6, 6.07) is 9.69. The van der Waals surface area contributed by atoms with Crippen molar-refractivity contribution < 1.29 is 13.3 Å². The molecule has 0 aromatic heterocycles. The molecule has 21 heavy (non-hydrogen) atoms. The van der Waals surface area contributed by atoms with Gasteiger partial charge in [-0.05, 0) is 30.3 Å². The third-order valence-electron chi connectivity index (χ3n) is 2.59. The molecule has 0 aliphatic rings. The molecule has 2 rings (SSSR count). The number of nitrogens with two attached hydrogens (primary N) is 1. The number of halogens is 1. The van der Waals surface area contributed by atoms with E-state index in [2.05, 4.69) is 20.7 Å². The summed E-state index contributed by atoms with van der Waals surface area (Å²) >= 11 is 3.23. The van der Waals surface area contributed by atoms with E-state index in [4.69, 9.17) is 5.73 Å². The van der Waals surface area contributed by atoms with Crippen LogP contribution in [0.3, 0.4) is 0 Å². The molecule has 0 atom stereocenters. The summed E-state index contributed by atoms with van der Waals surface area (Å²) in [5.41, 5.74) is 5.52. The van der Waals surface area contributed by atoms with Crippen LogP contribution in [-0.4, -0.2) is 13.3 Å². The Morgan fingerprint density at radius 1 is 1.14 bits per heavy atom. The van der Waals surface area contributed by atoms with Gasteiger partial charge in [0.2, 0.25) is 0 Å². The largest absolute Gasteiger partial charge is 0.398 e. The summed E-state index contributed by atoms with van der Waals surface area (Å²) < 4.78 is 27.6. The number of rotatable bonds is 4. The maximum atomic E-state index is 12.3. The van der Waals surface area contributed by atoms with E-state index in [1.54, 1.807) is 24.3 Å². The Bertz CT molecular complexity index is 791. The van der Waals surface area contributed by atoms with Gasteiger partial charge in [-0.3, -0.25) is 14.8 Å². The van der Waals surface area contributed by atoms with Gasteiger partial charge >= 0.3 is 0 Å². The smallest absolute Gasteiger partial charge is 0.270 e. The van der Waals surface area contributed by atoms with Gasteiger partial charge in [-0.2, -0.15) is 0 Å². The van der Waals surface area contributed by atoms with Crippen molar-refractivity contribution in [1.82, 2.24) is 0 Å². The predicted octanol–water partition coefficient (Wildman–Crippen LogP) is 2.74. The number of non-ortho nitro benzene ring substituents is 1. The summed E-state index contributed by atoms with van der Waals surface area (Å²) in [4.78, 5) is 9.72. The molecule has 0 saturated heterocycles. The van der Waals surface area contributed by atoms with Crippen LogP contribution >= 0.6 is 15.9 Å². The number of benzene rings is 2. The topological polar surface area (TPSA) is 115 Å². The molecular formula is C12H10BrN3O4S. The second-order valence-electron chi connectivity index (χ2n) is 4.09. The molecule has 0 fully saturated rings. The van der Waals surface area contributed by atoms with E-state index >= 15 is 0 Å². The standard InChI is InChI=1S/C12H10BrN3O4S/c13-8-1-3-9(4-2-8)15-21(19,20)12-7-10(16(17)18)5-6-11(12)14/h1-7,15H,14H2. The first-order valence-corrected chi connectivity index (χ1v) is 7.89. The average molecular weight is 372 g/mol. The van der Waals surface area contributed by atoms with E-state index in [-0.39, 0.29) is 16.3 Å². The van der Waals surface area contributed by atoms with Crippen LogP contribution in [-0.2, 0) is 10.0 Å². The summed E-state index contributed by atoms with van der Waals surface area (Å²) in [7, 11) is -4.01. The number of hydrogen-bond donors (Lipinski definition) is 2. The molecule has 0 spiro atoms. The molecule has 0 aliphatic carbocycles. The molecule has 110 valence electrons. The van der Waals surface area contributed by atoms with Crippen LogP contribution < -0.4 is 10.5 Å². The number of nitro benzene ring substituents is 1. The lowest BCUT2D eigenvalue weighted by Crippen LogP contribution is -2.15. The van der Waals surface area contributed by atoms with Gasteiger partial charge in [0.1, 0.15) is 4.90 Å². The molecule has 0 bridgehead atoms. The lowest BCUT2D eigenvalue weighted by Gasteiger charge is -2.10. The lowest BCUT2D eigenvalue weighted by molar-refractivity contribution is -0.385. The lowest BCUT2D eigenvalue weighted by atomic mass is 10.3. The number of nitrogens with zero attached hydrogens (tertiary/aromatic N) is 1. The molecule has 0 heterocycles. The highest BCUT2D eigenvalue weighted by Gasteiger charge is 2.21. The zero-order valence-electron chi connectivity index (χ0n) is 10.5. The van der Waals surface area contributed by atoms with Gasteiger partial charge in [-0.15, -0.1) is 0 Å². The van der Waals surface area contributed by atoms with Crippen molar-refractivity contribution in [2.24, 2.45) is 0 Å². The predicted molar refractivity (Wildman–Crippen MR) is 82.5 cm³/mol. The molecule has 0 unspecified atom stereocenters. The normalized spacial score (nSPS) is 11.1. The van der Waals surface area contributed by atoms with Gasteiger partial charge in [0.15, 0.2) is 0 Å². The monoisotopic (exact) mass is 371 g/mol. The minimum Gasteiger partial charge on any atom is -0.398 e. The summed E-state index contributed by atoms with van der Waals surface area (Å²) in [6.45, 7) is 0. The van der Waals surface area contributed by atoms with Crippen molar-refractivity contribution in [2.45, 2.75) is 4.90 Å². The molecule has 7 nitrogen and oxygen atoms in total. The Morgan fingerprint density at radius 2 is 1.76 bits per heavy atom. The Kier molecular flexibility index (Phi) is 4.14. The first-order valence-electron chi connectivity index (χ1n) is 5.62. The number of nitrogens with one attached hydrogen (secondary N) is 1. The Morgan fingerprint density at radius 3 is 2.33 bits per heavy atom. The second-order valence-corrected chi connectivity index (χ2v) is 6.66. The average Bonchev–Trinajstić information content (AvgIpc) is 2.41. The maximum absolute atomic E-state index is 12.3. The van der Waals surface area contributed by atoms with E-state index in [1.165, 1.54) is 6.07 Å². The van der Waals surface area contributed by atoms with E-state index in [9.17, 15) is 18.5 Å². The second kappa shape index (κ2) is 5.70. The SMILES string of the molecule is Nc1ccc([N+](=O)[O-])cc1S(=O)(=O)Nc1ccc(Br)cc1. The van der Waals surface area contributed by atoms with Gasteiger partial charge in [0, 0.05) is 22.3 Å². The van der Waals surface area contributed by atoms with Crippen LogP contribution in [0.5, 0.6) is 0 Å². The van der Waals surface area contributed by atoms with Crippen LogP contribution in [0.25, 0.3) is 0 Å². The van der Waals surface area contributed by atoms with Gasteiger partial charge in [0.05, 0.1) is 10.6 Å². The van der Waals surface area contributed by atoms with Gasteiger partial charge in [-0.1, -0.05) is 15.9 Å². The fourth-order valence-electron chi connectivity index (χ4n) is 1.60. The van der Waals surface area contributed by atoms with Gasteiger partial charge < -0.3 is 5.73 Å². The number of hydrogen-bond acceptors (Lipinski definition) is 5. The zero-order valence-corrected chi connectivity index (χ0v) is 12.9. The maximum Gasteiger partial charge on any atom is 0.270 e. The fraction of sp³-hybridized carbons (Fsp3) is 0. The molecule has 2 aromatic rings. The number of anilines is 2. The minimum absolute atomic E-state index is 0.0646. The Hall–Kier alpha value is -2.13. The summed E-state index contributed by atoms with van der Waals surface area (Å²) in [6.07, 6.45) is 0. The highest BCUT2D eigenvalue weighted by Crippen LogP contribution is 2.26. The molecule has 0 amide bonds. The van der Waals surface area contributed by atoms with E-state index < -0.39 is 14.9 Å².